The molecule has 4 unspecified atom stereocenters. The van der Waals surface area contributed by atoms with Crippen LogP contribution in [-0.4, -0.2) is 138 Å². The van der Waals surface area contributed by atoms with Crippen molar-refractivity contribution < 1.29 is 50.8 Å². The maximum Gasteiger partial charge on any atom is 0.416 e. The first-order valence-electron chi connectivity index (χ1n) is 22.1. The lowest BCUT2D eigenvalue weighted by Gasteiger charge is -2.55. The van der Waals surface area contributed by atoms with Gasteiger partial charge in [-0.3, -0.25) is 19.7 Å². The summed E-state index contributed by atoms with van der Waals surface area (Å²) in [4.78, 5) is 23.7. The normalized spacial score (nSPS) is 26.1. The number of hydrazine groups is 1. The summed E-state index contributed by atoms with van der Waals surface area (Å²) in [5, 5.41) is 27.1. The van der Waals surface area contributed by atoms with E-state index in [0.29, 0.717) is 31.9 Å². The van der Waals surface area contributed by atoms with E-state index in [4.69, 9.17) is 9.47 Å². The Morgan fingerprint density at radius 2 is 1.74 bits per heavy atom. The number of nitrogens with zero attached hydrogens (tertiary/aromatic N) is 5. The van der Waals surface area contributed by atoms with E-state index in [0.717, 1.165) is 94.1 Å². The Balaban J connectivity index is 1.03. The monoisotopic (exact) mass is 877 g/mol. The van der Waals surface area contributed by atoms with Gasteiger partial charge in [-0.05, 0) is 124 Å². The number of amides is 1. The van der Waals surface area contributed by atoms with Gasteiger partial charge in [-0.15, -0.1) is 0 Å². The van der Waals surface area contributed by atoms with Crippen LogP contribution in [-0.2, 0) is 26.9 Å². The summed E-state index contributed by atoms with van der Waals surface area (Å²) < 4.78 is 95.5. The summed E-state index contributed by atoms with van der Waals surface area (Å²) in [5.74, 6) is -3.51. The second-order valence-electron chi connectivity index (χ2n) is 18.0. The van der Waals surface area contributed by atoms with Crippen LogP contribution in [0.3, 0.4) is 0 Å². The zero-order valence-corrected chi connectivity index (χ0v) is 36.2. The van der Waals surface area contributed by atoms with Crippen LogP contribution in [0, 0.1) is 11.8 Å². The Morgan fingerprint density at radius 3 is 2.39 bits per heavy atom. The van der Waals surface area contributed by atoms with Crippen LogP contribution in [0.5, 0.6) is 0 Å². The van der Waals surface area contributed by atoms with Crippen molar-refractivity contribution in [3.63, 3.8) is 0 Å². The number of likely N-dealkylation sites (tertiary alicyclic amines) is 1. The lowest BCUT2D eigenvalue weighted by molar-refractivity contribution is -0.171. The maximum absolute atomic E-state index is 14.5. The molecule has 4 heterocycles. The van der Waals surface area contributed by atoms with Gasteiger partial charge in [0.05, 0.1) is 61.2 Å². The Hall–Kier alpha value is -3.54. The van der Waals surface area contributed by atoms with Gasteiger partial charge in [0.1, 0.15) is 5.76 Å². The Labute approximate surface area is 360 Å². The van der Waals surface area contributed by atoms with Crippen LogP contribution in [0.2, 0.25) is 0 Å². The number of ether oxygens (including phenoxy) is 2. The number of carbonyl (C=O) groups is 1. The number of carbonyl (C=O) groups excluding carboxylic acids is 1. The molecule has 2 N–H and O–H groups in total. The molecule has 4 aliphatic heterocycles. The van der Waals surface area contributed by atoms with Gasteiger partial charge >= 0.3 is 12.4 Å². The number of aliphatic imine (C=N–C) groups is 1. The number of halogens is 6. The number of benzene rings is 1. The molecule has 62 heavy (non-hydrogen) atoms. The highest BCUT2D eigenvalue weighted by Gasteiger charge is 2.55. The molecule has 0 aromatic heterocycles. The minimum absolute atomic E-state index is 0.0991. The third-order valence-corrected chi connectivity index (χ3v) is 14.4. The maximum atomic E-state index is 14.5. The highest BCUT2D eigenvalue weighted by Crippen LogP contribution is 2.48. The number of rotatable bonds is 12. The van der Waals surface area contributed by atoms with Crippen molar-refractivity contribution in [3.8, 4) is 0 Å². The summed E-state index contributed by atoms with van der Waals surface area (Å²) in [6.45, 7) is 13.0. The molecule has 10 nitrogen and oxygen atoms in total. The van der Waals surface area contributed by atoms with Gasteiger partial charge in [-0.2, -0.15) is 26.3 Å². The number of piperidine rings is 1. The van der Waals surface area contributed by atoms with Crippen LogP contribution in [0.25, 0.3) is 0 Å². The summed E-state index contributed by atoms with van der Waals surface area (Å²) in [6, 6.07) is 3.48. The molecule has 4 atom stereocenters. The number of aliphatic hydroxyl groups is 2. The first-order chi connectivity index (χ1) is 29.4. The minimum Gasteiger partial charge on any atom is -0.510 e. The summed E-state index contributed by atoms with van der Waals surface area (Å²) in [5.41, 5.74) is 0.855. The third-order valence-electron chi connectivity index (χ3n) is 14.4. The fraction of sp³-hybridized carbons (Fsp3) is 0.652. The van der Waals surface area contributed by atoms with Crippen LogP contribution < -0.4 is 0 Å². The summed E-state index contributed by atoms with van der Waals surface area (Å²) >= 11 is 0. The van der Waals surface area contributed by atoms with E-state index in [1.165, 1.54) is 18.3 Å². The Morgan fingerprint density at radius 1 is 1.03 bits per heavy atom. The van der Waals surface area contributed by atoms with Crippen LogP contribution in [0.1, 0.15) is 88.8 Å². The minimum atomic E-state index is -4.77. The number of aliphatic hydroxyl groups excluding tert-OH is 2. The molecule has 1 amide bonds. The van der Waals surface area contributed by atoms with Gasteiger partial charge in [0.25, 0.3) is 5.91 Å². The van der Waals surface area contributed by atoms with E-state index in [-0.39, 0.29) is 53.7 Å². The van der Waals surface area contributed by atoms with E-state index in [9.17, 15) is 41.4 Å². The third kappa shape index (κ3) is 9.75. The van der Waals surface area contributed by atoms with Crippen LogP contribution in [0.4, 0.5) is 26.3 Å². The molecular weight excluding hydrogens is 817 g/mol. The number of hydrogen-bond acceptors (Lipinski definition) is 9. The van der Waals surface area contributed by atoms with Crippen molar-refractivity contribution in [1.82, 2.24) is 19.8 Å². The lowest BCUT2D eigenvalue weighted by atomic mass is 9.71. The zero-order chi connectivity index (χ0) is 44.6. The molecule has 342 valence electrons. The van der Waals surface area contributed by atoms with Gasteiger partial charge in [-0.25, -0.2) is 5.01 Å². The zero-order valence-electron chi connectivity index (χ0n) is 36.2. The summed E-state index contributed by atoms with van der Waals surface area (Å²) in [7, 11) is 1.76. The molecule has 3 fully saturated rings. The quantitative estimate of drug-likeness (QED) is 0.206. The number of likely N-dealkylation sites (N-methyl/N-ethyl adjacent to an activating group) is 1. The van der Waals surface area contributed by atoms with E-state index in [2.05, 4.69) is 20.9 Å². The molecule has 1 aromatic carbocycles. The molecule has 7 rings (SSSR count). The topological polar surface area (TPSA) is 101 Å². The van der Waals surface area contributed by atoms with E-state index < -0.39 is 53.7 Å². The van der Waals surface area contributed by atoms with Gasteiger partial charge in [-0.1, -0.05) is 25.1 Å². The van der Waals surface area contributed by atoms with Crippen LogP contribution >= 0.6 is 0 Å². The average molecular weight is 878 g/mol. The predicted octanol–water partition coefficient (Wildman–Crippen LogP) is 7.79. The molecule has 2 saturated heterocycles. The van der Waals surface area contributed by atoms with Crippen molar-refractivity contribution in [1.29, 1.82) is 0 Å². The second-order valence-corrected chi connectivity index (χ2v) is 18.0. The van der Waals surface area contributed by atoms with E-state index in [1.807, 2.05) is 13.8 Å². The van der Waals surface area contributed by atoms with E-state index in [1.54, 1.807) is 24.0 Å². The van der Waals surface area contributed by atoms with Crippen LogP contribution in [0.15, 0.2) is 69.6 Å². The SMILES string of the molecule is CC1=C(C)C(OCCN2CCC(N3CCOCC3)CC2)CC=C1CN1C(=O)C(C(O)C(C)Cc2ccc(C(F)(F)F)cc2C2=NC=CCC(C(F)(F)F)C2)=C(O)C2(CCC2)N1C. The first kappa shape index (κ1) is 46.5. The van der Waals surface area contributed by atoms with E-state index >= 15 is 0 Å². The van der Waals surface area contributed by atoms with Crippen molar-refractivity contribution in [2.24, 2.45) is 16.8 Å². The van der Waals surface area contributed by atoms with Crippen molar-refractivity contribution in [3.05, 3.63) is 81.3 Å². The molecular formula is C46H61F6N5O5. The van der Waals surface area contributed by atoms with Crippen molar-refractivity contribution in [2.45, 2.75) is 115 Å². The highest BCUT2D eigenvalue weighted by molar-refractivity contribution is 6.03. The molecule has 16 heteroatoms. The first-order valence-corrected chi connectivity index (χ1v) is 22.1. The van der Waals surface area contributed by atoms with Gasteiger partial charge < -0.3 is 24.6 Å². The number of morpholine rings is 1. The fourth-order valence-electron chi connectivity index (χ4n) is 10.0. The Kier molecular flexibility index (Phi) is 14.2. The predicted molar refractivity (Wildman–Crippen MR) is 223 cm³/mol. The molecule has 2 aliphatic carbocycles. The molecule has 1 spiro atoms. The largest absolute Gasteiger partial charge is 0.510 e. The van der Waals surface area contributed by atoms with Gasteiger partial charge in [0.15, 0.2) is 0 Å². The molecule has 1 aromatic rings. The van der Waals surface area contributed by atoms with Crippen molar-refractivity contribution in [2.75, 3.05) is 66.1 Å². The average Bonchev–Trinajstić information content (AvgIpc) is 3.49. The van der Waals surface area contributed by atoms with Crippen molar-refractivity contribution >= 4 is 11.6 Å². The smallest absolute Gasteiger partial charge is 0.416 e. The molecule has 0 radical (unpaired) electrons. The second kappa shape index (κ2) is 18.9. The standard InChI is InChI=1S/C46H61F6N5O5/c1-29(25-32-8-10-35(46(50,51)52)26-37(32)38-27-34(45(47,48)49)7-5-16-53-38)41(58)40-42(59)44(14-6-15-44)54(4)57(43(40)60)28-33-9-11-39(31(3)30(33)2)62-24-19-55-17-12-36(13-18-55)56-20-22-61-23-21-56/h5,8-10,16,26,29,34,36,39,41,58-59H,6-7,11-15,17-25,27-28H2,1-4H3. The fourth-order valence-corrected chi connectivity index (χ4v) is 10.0. The number of hydrogen-bond donors (Lipinski definition) is 2. The molecule has 1 saturated carbocycles. The molecule has 0 bridgehead atoms. The number of alkyl halides is 6. The lowest BCUT2D eigenvalue weighted by Crippen LogP contribution is -2.66. The van der Waals surface area contributed by atoms with Gasteiger partial charge in [0.2, 0.25) is 0 Å². The highest BCUT2D eigenvalue weighted by atomic mass is 19.4. The summed E-state index contributed by atoms with van der Waals surface area (Å²) in [6.07, 6.45) is -2.82. The van der Waals surface area contributed by atoms with Gasteiger partial charge in [0, 0.05) is 51.1 Å². The number of allylic oxidation sites excluding steroid dienone is 1. The Bertz CT molecular complexity index is 1960. The molecule has 6 aliphatic rings.